The first-order chi connectivity index (χ1) is 7.29. The van der Waals surface area contributed by atoms with Crippen LogP contribution in [0.3, 0.4) is 0 Å². The van der Waals surface area contributed by atoms with E-state index >= 15 is 0 Å². The Labute approximate surface area is 86.3 Å². The fraction of sp³-hybridized carbons (Fsp3) is 0.0909. The molecule has 4 heteroatoms. The molecular formula is C11H9FN2O. The Hall–Kier alpha value is -1.81. The quantitative estimate of drug-likeness (QED) is 0.810. The number of aromatic nitrogens is 2. The van der Waals surface area contributed by atoms with Gasteiger partial charge >= 0.3 is 0 Å². The zero-order chi connectivity index (χ0) is 10.7. The van der Waals surface area contributed by atoms with Gasteiger partial charge in [-0.15, -0.1) is 0 Å². The van der Waals surface area contributed by atoms with Crippen LogP contribution < -0.4 is 0 Å². The second kappa shape index (κ2) is 4.14. The molecule has 15 heavy (non-hydrogen) atoms. The van der Waals surface area contributed by atoms with E-state index in [-0.39, 0.29) is 12.4 Å². The number of hydrogen-bond donors (Lipinski definition) is 1. The lowest BCUT2D eigenvalue weighted by atomic mass is 10.2. The summed E-state index contributed by atoms with van der Waals surface area (Å²) in [5.41, 5.74) is 1.27. The SMILES string of the molecule is OCc1ccnc(-c2ccc(F)cc2)n1. The van der Waals surface area contributed by atoms with E-state index in [9.17, 15) is 4.39 Å². The number of rotatable bonds is 2. The summed E-state index contributed by atoms with van der Waals surface area (Å²) in [6, 6.07) is 7.54. The van der Waals surface area contributed by atoms with Crippen molar-refractivity contribution in [1.29, 1.82) is 0 Å². The van der Waals surface area contributed by atoms with Crippen LogP contribution in [0.5, 0.6) is 0 Å². The molecule has 0 aliphatic carbocycles. The minimum atomic E-state index is -0.294. The topological polar surface area (TPSA) is 46.0 Å². The van der Waals surface area contributed by atoms with E-state index in [4.69, 9.17) is 5.11 Å². The van der Waals surface area contributed by atoms with E-state index in [2.05, 4.69) is 9.97 Å². The molecule has 0 aliphatic heterocycles. The minimum absolute atomic E-state index is 0.128. The van der Waals surface area contributed by atoms with Crippen LogP contribution in [0.25, 0.3) is 11.4 Å². The van der Waals surface area contributed by atoms with Crippen LogP contribution in [0.1, 0.15) is 5.69 Å². The Balaban J connectivity index is 2.40. The summed E-state index contributed by atoms with van der Waals surface area (Å²) in [6.45, 7) is -0.128. The molecule has 0 fully saturated rings. The third kappa shape index (κ3) is 2.16. The van der Waals surface area contributed by atoms with Crippen LogP contribution in [-0.4, -0.2) is 15.1 Å². The van der Waals surface area contributed by atoms with Gasteiger partial charge in [-0.1, -0.05) is 0 Å². The third-order valence-corrected chi connectivity index (χ3v) is 1.98. The van der Waals surface area contributed by atoms with Crippen molar-refractivity contribution in [3.8, 4) is 11.4 Å². The van der Waals surface area contributed by atoms with E-state index in [0.29, 0.717) is 11.5 Å². The molecule has 3 nitrogen and oxygen atoms in total. The normalized spacial score (nSPS) is 10.3. The van der Waals surface area contributed by atoms with Crippen LogP contribution in [0.4, 0.5) is 4.39 Å². The first kappa shape index (κ1) is 9.73. The van der Waals surface area contributed by atoms with Crippen molar-refractivity contribution in [1.82, 2.24) is 9.97 Å². The van der Waals surface area contributed by atoms with E-state index in [1.54, 1.807) is 24.4 Å². The molecule has 1 N–H and O–H groups in total. The fourth-order valence-electron chi connectivity index (χ4n) is 1.22. The Morgan fingerprint density at radius 3 is 2.53 bits per heavy atom. The Morgan fingerprint density at radius 2 is 1.87 bits per heavy atom. The van der Waals surface area contributed by atoms with E-state index in [1.165, 1.54) is 12.1 Å². The van der Waals surface area contributed by atoms with Gasteiger partial charge in [0.15, 0.2) is 5.82 Å². The number of benzene rings is 1. The smallest absolute Gasteiger partial charge is 0.159 e. The predicted octanol–water partition coefficient (Wildman–Crippen LogP) is 1.77. The van der Waals surface area contributed by atoms with Gasteiger partial charge in [-0.2, -0.15) is 0 Å². The van der Waals surface area contributed by atoms with Crippen LogP contribution in [0.2, 0.25) is 0 Å². The van der Waals surface area contributed by atoms with Crippen LogP contribution in [0.15, 0.2) is 36.5 Å². The molecule has 1 heterocycles. The number of aliphatic hydroxyl groups excluding tert-OH is 1. The number of aliphatic hydroxyl groups is 1. The van der Waals surface area contributed by atoms with Gasteiger partial charge in [-0.05, 0) is 30.3 Å². The summed E-state index contributed by atoms with van der Waals surface area (Å²) in [4.78, 5) is 8.15. The summed E-state index contributed by atoms with van der Waals surface area (Å²) >= 11 is 0. The minimum Gasteiger partial charge on any atom is -0.390 e. The Kier molecular flexibility index (Phi) is 2.69. The third-order valence-electron chi connectivity index (χ3n) is 1.98. The molecule has 0 saturated heterocycles. The van der Waals surface area contributed by atoms with Crippen molar-refractivity contribution in [3.63, 3.8) is 0 Å². The van der Waals surface area contributed by atoms with Gasteiger partial charge in [-0.25, -0.2) is 14.4 Å². The van der Waals surface area contributed by atoms with E-state index in [1.807, 2.05) is 0 Å². The van der Waals surface area contributed by atoms with Crippen molar-refractivity contribution < 1.29 is 9.50 Å². The molecule has 0 saturated carbocycles. The predicted molar refractivity (Wildman–Crippen MR) is 53.3 cm³/mol. The zero-order valence-electron chi connectivity index (χ0n) is 7.89. The van der Waals surface area contributed by atoms with E-state index in [0.717, 1.165) is 5.56 Å². The molecule has 2 aromatic rings. The van der Waals surface area contributed by atoms with Gasteiger partial charge in [0.25, 0.3) is 0 Å². The summed E-state index contributed by atoms with van der Waals surface area (Å²) in [5, 5.41) is 8.90. The molecule has 0 atom stereocenters. The highest BCUT2D eigenvalue weighted by molar-refractivity contribution is 5.54. The molecule has 1 aromatic carbocycles. The summed E-state index contributed by atoms with van der Waals surface area (Å²) < 4.78 is 12.7. The lowest BCUT2D eigenvalue weighted by Crippen LogP contribution is -1.94. The van der Waals surface area contributed by atoms with Gasteiger partial charge < -0.3 is 5.11 Å². The lowest BCUT2D eigenvalue weighted by molar-refractivity contribution is 0.277. The molecule has 0 radical (unpaired) electrons. The van der Waals surface area contributed by atoms with Gasteiger partial charge in [0.05, 0.1) is 12.3 Å². The van der Waals surface area contributed by atoms with Gasteiger partial charge in [0, 0.05) is 11.8 Å². The van der Waals surface area contributed by atoms with Crippen molar-refractivity contribution in [3.05, 3.63) is 48.0 Å². The standard InChI is InChI=1S/C11H9FN2O/c12-9-3-1-8(2-4-9)11-13-6-5-10(7-15)14-11/h1-6,15H,7H2. The zero-order valence-corrected chi connectivity index (χ0v) is 7.89. The molecule has 2 rings (SSSR count). The molecule has 0 bridgehead atoms. The highest BCUT2D eigenvalue weighted by Crippen LogP contribution is 2.14. The van der Waals surface area contributed by atoms with Crippen molar-refractivity contribution in [2.24, 2.45) is 0 Å². The Morgan fingerprint density at radius 1 is 1.13 bits per heavy atom. The average Bonchev–Trinajstić information content (AvgIpc) is 2.30. The largest absolute Gasteiger partial charge is 0.390 e. The van der Waals surface area contributed by atoms with Crippen molar-refractivity contribution >= 4 is 0 Å². The van der Waals surface area contributed by atoms with Crippen LogP contribution >= 0.6 is 0 Å². The van der Waals surface area contributed by atoms with Crippen LogP contribution in [0, 0.1) is 5.82 Å². The highest BCUT2D eigenvalue weighted by Gasteiger charge is 2.01. The summed E-state index contributed by atoms with van der Waals surface area (Å²) in [6.07, 6.45) is 1.57. The van der Waals surface area contributed by atoms with Gasteiger partial charge in [0.2, 0.25) is 0 Å². The molecule has 76 valence electrons. The number of nitrogens with zero attached hydrogens (tertiary/aromatic N) is 2. The molecule has 1 aromatic heterocycles. The first-order valence-corrected chi connectivity index (χ1v) is 4.48. The maximum absolute atomic E-state index is 12.7. The average molecular weight is 204 g/mol. The second-order valence-corrected chi connectivity index (χ2v) is 3.04. The maximum Gasteiger partial charge on any atom is 0.159 e. The molecular weight excluding hydrogens is 195 g/mol. The van der Waals surface area contributed by atoms with Gasteiger partial charge in [-0.3, -0.25) is 0 Å². The Bertz CT molecular complexity index is 456. The lowest BCUT2D eigenvalue weighted by Gasteiger charge is -2.01. The van der Waals surface area contributed by atoms with Crippen molar-refractivity contribution in [2.75, 3.05) is 0 Å². The molecule has 0 spiro atoms. The summed E-state index contributed by atoms with van der Waals surface area (Å²) in [5.74, 6) is 0.193. The monoisotopic (exact) mass is 204 g/mol. The van der Waals surface area contributed by atoms with Crippen LogP contribution in [-0.2, 0) is 6.61 Å². The van der Waals surface area contributed by atoms with Gasteiger partial charge in [0.1, 0.15) is 5.82 Å². The molecule has 0 unspecified atom stereocenters. The first-order valence-electron chi connectivity index (χ1n) is 4.48. The van der Waals surface area contributed by atoms with E-state index < -0.39 is 0 Å². The van der Waals surface area contributed by atoms with Crippen molar-refractivity contribution in [2.45, 2.75) is 6.61 Å². The fourth-order valence-corrected chi connectivity index (χ4v) is 1.22. The summed E-state index contributed by atoms with van der Waals surface area (Å²) in [7, 11) is 0. The molecule has 0 aliphatic rings. The highest BCUT2D eigenvalue weighted by atomic mass is 19.1. The maximum atomic E-state index is 12.7. The molecule has 0 amide bonds. The second-order valence-electron chi connectivity index (χ2n) is 3.04. The number of halogens is 1. The number of hydrogen-bond acceptors (Lipinski definition) is 3.